The monoisotopic (exact) mass is 356 g/mol. The summed E-state index contributed by atoms with van der Waals surface area (Å²) in [6.07, 6.45) is 7.72. The normalized spacial score (nSPS) is 32.2. The zero-order valence-corrected chi connectivity index (χ0v) is 15.9. The number of nitrogens with zero attached hydrogens (tertiary/aromatic N) is 3. The molecule has 2 aliphatic heterocycles. The number of fused-ring (bicyclic) bond motifs is 1. The van der Waals surface area contributed by atoms with Crippen LogP contribution < -0.4 is 5.32 Å². The number of hydrogen-bond donors (Lipinski definition) is 1. The second-order valence-corrected chi connectivity index (χ2v) is 9.66. The third kappa shape index (κ3) is 4.23. The Kier molecular flexibility index (Phi) is 5.70. The molecule has 0 radical (unpaired) electrons. The first-order chi connectivity index (χ1) is 11.5. The van der Waals surface area contributed by atoms with Crippen LogP contribution >= 0.6 is 0 Å². The van der Waals surface area contributed by atoms with Crippen molar-refractivity contribution in [3.05, 3.63) is 0 Å². The lowest BCUT2D eigenvalue weighted by atomic mass is 9.82. The second kappa shape index (κ2) is 7.60. The van der Waals surface area contributed by atoms with E-state index in [-0.39, 0.29) is 0 Å². The summed E-state index contributed by atoms with van der Waals surface area (Å²) in [5.74, 6) is 3.06. The van der Waals surface area contributed by atoms with Gasteiger partial charge in [-0.2, -0.15) is 0 Å². The fraction of sp³-hybridized carbons (Fsp3) is 0.941. The molecule has 1 saturated carbocycles. The van der Waals surface area contributed by atoms with Gasteiger partial charge in [-0.15, -0.1) is 0 Å². The summed E-state index contributed by atoms with van der Waals surface area (Å²) < 4.78 is 24.9. The number of guanidine groups is 1. The maximum absolute atomic E-state index is 11.6. The molecule has 6 nitrogen and oxygen atoms in total. The molecule has 0 bridgehead atoms. The standard InChI is InChI=1S/C17H32N4O2S/c1-3-18-17(20-12-15-6-4-5-7-16(15)13-20)19-10-14-8-9-21(11-14)24(2,22)23/h14-16H,3-13H2,1-2H3,(H,18,19). The van der Waals surface area contributed by atoms with Crippen LogP contribution in [0.1, 0.15) is 39.0 Å². The van der Waals surface area contributed by atoms with E-state index in [1.165, 1.54) is 31.9 Å². The molecule has 0 aromatic carbocycles. The Balaban J connectivity index is 1.58. The molecule has 2 heterocycles. The van der Waals surface area contributed by atoms with Crippen LogP contribution in [0.15, 0.2) is 4.99 Å². The van der Waals surface area contributed by atoms with Gasteiger partial charge in [0, 0.05) is 39.3 Å². The van der Waals surface area contributed by atoms with Crippen molar-refractivity contribution in [3.8, 4) is 0 Å². The van der Waals surface area contributed by atoms with Crippen LogP contribution in [0.2, 0.25) is 0 Å². The fourth-order valence-corrected chi connectivity index (χ4v) is 5.39. The van der Waals surface area contributed by atoms with Crippen LogP contribution in [0.5, 0.6) is 0 Å². The van der Waals surface area contributed by atoms with Crippen LogP contribution in [0.25, 0.3) is 0 Å². The highest BCUT2D eigenvalue weighted by molar-refractivity contribution is 7.88. The summed E-state index contributed by atoms with van der Waals surface area (Å²) in [5, 5.41) is 3.44. The predicted molar refractivity (Wildman–Crippen MR) is 97.5 cm³/mol. The van der Waals surface area contributed by atoms with Gasteiger partial charge >= 0.3 is 0 Å². The van der Waals surface area contributed by atoms with E-state index >= 15 is 0 Å². The van der Waals surface area contributed by atoms with Crippen LogP contribution in [-0.2, 0) is 10.0 Å². The Labute approximate surface area is 146 Å². The molecule has 138 valence electrons. The SMILES string of the molecule is CCNC(=NCC1CCN(S(C)(=O)=O)C1)N1CC2CCCCC2C1. The van der Waals surface area contributed by atoms with Gasteiger partial charge in [0.25, 0.3) is 0 Å². The number of sulfonamides is 1. The first kappa shape index (κ1) is 18.0. The zero-order chi connectivity index (χ0) is 17.2. The minimum atomic E-state index is -3.06. The predicted octanol–water partition coefficient (Wildman–Crippen LogP) is 1.36. The summed E-state index contributed by atoms with van der Waals surface area (Å²) in [4.78, 5) is 7.30. The second-order valence-electron chi connectivity index (χ2n) is 7.68. The Morgan fingerprint density at radius 2 is 1.79 bits per heavy atom. The van der Waals surface area contributed by atoms with Crippen molar-refractivity contribution >= 4 is 16.0 Å². The van der Waals surface area contributed by atoms with Crippen molar-refractivity contribution in [2.45, 2.75) is 39.0 Å². The van der Waals surface area contributed by atoms with Crippen molar-refractivity contribution in [1.29, 1.82) is 0 Å². The minimum absolute atomic E-state index is 0.346. The number of rotatable bonds is 4. The molecule has 0 amide bonds. The molecular weight excluding hydrogens is 324 g/mol. The first-order valence-corrected chi connectivity index (χ1v) is 11.3. The Hall–Kier alpha value is -0.820. The molecule has 3 rings (SSSR count). The lowest BCUT2D eigenvalue weighted by Gasteiger charge is -2.22. The summed E-state index contributed by atoms with van der Waals surface area (Å²) in [6.45, 7) is 7.24. The van der Waals surface area contributed by atoms with Crippen molar-refractivity contribution in [2.24, 2.45) is 22.7 Å². The summed E-state index contributed by atoms with van der Waals surface area (Å²) in [5.41, 5.74) is 0. The topological polar surface area (TPSA) is 65.0 Å². The summed E-state index contributed by atoms with van der Waals surface area (Å²) in [7, 11) is -3.06. The van der Waals surface area contributed by atoms with Crippen LogP contribution in [0.3, 0.4) is 0 Å². The Morgan fingerprint density at radius 3 is 2.33 bits per heavy atom. The van der Waals surface area contributed by atoms with Gasteiger partial charge in [-0.05, 0) is 43.9 Å². The van der Waals surface area contributed by atoms with E-state index in [4.69, 9.17) is 4.99 Å². The van der Waals surface area contributed by atoms with Gasteiger partial charge in [-0.1, -0.05) is 12.8 Å². The average Bonchev–Trinajstić information content (AvgIpc) is 3.17. The lowest BCUT2D eigenvalue weighted by Crippen LogP contribution is -2.40. The zero-order valence-electron chi connectivity index (χ0n) is 15.1. The number of likely N-dealkylation sites (tertiary alicyclic amines) is 1. The third-order valence-electron chi connectivity index (χ3n) is 5.83. The Morgan fingerprint density at radius 1 is 1.12 bits per heavy atom. The van der Waals surface area contributed by atoms with Crippen LogP contribution in [-0.4, -0.2) is 69.1 Å². The van der Waals surface area contributed by atoms with E-state index in [9.17, 15) is 8.42 Å². The average molecular weight is 357 g/mol. The third-order valence-corrected chi connectivity index (χ3v) is 7.10. The van der Waals surface area contributed by atoms with Gasteiger partial charge in [0.05, 0.1) is 6.26 Å². The van der Waals surface area contributed by atoms with E-state index < -0.39 is 10.0 Å². The van der Waals surface area contributed by atoms with Crippen molar-refractivity contribution in [1.82, 2.24) is 14.5 Å². The van der Waals surface area contributed by atoms with Crippen molar-refractivity contribution in [2.75, 3.05) is 45.5 Å². The molecule has 3 atom stereocenters. The van der Waals surface area contributed by atoms with Gasteiger partial charge in [0.2, 0.25) is 10.0 Å². The van der Waals surface area contributed by atoms with Gasteiger partial charge in [0.15, 0.2) is 5.96 Å². The largest absolute Gasteiger partial charge is 0.357 e. The highest BCUT2D eigenvalue weighted by atomic mass is 32.2. The molecule has 7 heteroatoms. The summed E-state index contributed by atoms with van der Waals surface area (Å²) in [6, 6.07) is 0. The molecule has 0 spiro atoms. The maximum atomic E-state index is 11.6. The lowest BCUT2D eigenvalue weighted by molar-refractivity contribution is 0.299. The molecule has 3 fully saturated rings. The molecule has 1 N–H and O–H groups in total. The fourth-order valence-electron chi connectivity index (χ4n) is 4.47. The van der Waals surface area contributed by atoms with E-state index in [0.717, 1.165) is 50.4 Å². The van der Waals surface area contributed by atoms with Gasteiger partial charge < -0.3 is 10.2 Å². The highest BCUT2D eigenvalue weighted by Gasteiger charge is 2.36. The maximum Gasteiger partial charge on any atom is 0.211 e. The number of hydrogen-bond acceptors (Lipinski definition) is 3. The van der Waals surface area contributed by atoms with Gasteiger partial charge in [-0.3, -0.25) is 4.99 Å². The van der Waals surface area contributed by atoms with Crippen LogP contribution in [0, 0.1) is 17.8 Å². The van der Waals surface area contributed by atoms with E-state index in [0.29, 0.717) is 19.0 Å². The molecule has 2 saturated heterocycles. The molecule has 24 heavy (non-hydrogen) atoms. The minimum Gasteiger partial charge on any atom is -0.357 e. The Bertz CT molecular complexity index is 549. The van der Waals surface area contributed by atoms with Crippen LogP contribution in [0.4, 0.5) is 0 Å². The van der Waals surface area contributed by atoms with Gasteiger partial charge in [0.1, 0.15) is 0 Å². The summed E-state index contributed by atoms with van der Waals surface area (Å²) >= 11 is 0. The van der Waals surface area contributed by atoms with E-state index in [1.54, 1.807) is 4.31 Å². The molecule has 1 aliphatic carbocycles. The van der Waals surface area contributed by atoms with E-state index in [1.807, 2.05) is 0 Å². The van der Waals surface area contributed by atoms with Crippen molar-refractivity contribution in [3.63, 3.8) is 0 Å². The quantitative estimate of drug-likeness (QED) is 0.610. The molecule has 0 aromatic rings. The smallest absolute Gasteiger partial charge is 0.211 e. The molecule has 0 aromatic heterocycles. The van der Waals surface area contributed by atoms with Crippen molar-refractivity contribution < 1.29 is 8.42 Å². The highest BCUT2D eigenvalue weighted by Crippen LogP contribution is 2.36. The molecular formula is C17H32N4O2S. The molecule has 3 unspecified atom stereocenters. The molecule has 3 aliphatic rings. The first-order valence-electron chi connectivity index (χ1n) is 9.45. The number of nitrogens with one attached hydrogen (secondary N) is 1. The van der Waals surface area contributed by atoms with Gasteiger partial charge in [-0.25, -0.2) is 12.7 Å². The van der Waals surface area contributed by atoms with E-state index in [2.05, 4.69) is 17.1 Å². The number of aliphatic imine (C=N–C) groups is 1.